The number of hydrogen-bond donors (Lipinski definition) is 1. The number of halogens is 2. The van der Waals surface area contributed by atoms with Crippen molar-refractivity contribution in [1.29, 1.82) is 0 Å². The van der Waals surface area contributed by atoms with Gasteiger partial charge in [-0.3, -0.25) is 0 Å². The number of nitrogen functional groups attached to an aromatic ring is 1. The van der Waals surface area contributed by atoms with Gasteiger partial charge in [-0.1, -0.05) is 11.6 Å². The van der Waals surface area contributed by atoms with Crippen molar-refractivity contribution in [2.45, 2.75) is 0 Å². The highest BCUT2D eigenvalue weighted by Gasteiger charge is 2.21. The summed E-state index contributed by atoms with van der Waals surface area (Å²) >= 11 is 12.3. The van der Waals surface area contributed by atoms with Gasteiger partial charge in [0.2, 0.25) is 17.2 Å². The summed E-state index contributed by atoms with van der Waals surface area (Å²) in [6, 6.07) is 7.71. The molecule has 2 N–H and O–H groups in total. The summed E-state index contributed by atoms with van der Waals surface area (Å²) in [6.07, 6.45) is 3.95. The van der Waals surface area contributed by atoms with E-state index in [4.69, 9.17) is 43.4 Å². The molecule has 1 fully saturated rings. The molecular weight excluding hydrogens is 479 g/mol. The maximum atomic E-state index is 6.35. The van der Waals surface area contributed by atoms with Crippen LogP contribution in [0.1, 0.15) is 0 Å². The van der Waals surface area contributed by atoms with Crippen LogP contribution < -0.4 is 25.0 Å². The smallest absolute Gasteiger partial charge is 0.231 e. The Hall–Kier alpha value is -3.50. The Morgan fingerprint density at radius 1 is 0.882 bits per heavy atom. The van der Waals surface area contributed by atoms with Gasteiger partial charge < -0.3 is 29.4 Å². The van der Waals surface area contributed by atoms with E-state index >= 15 is 0 Å². The molecule has 0 atom stereocenters. The van der Waals surface area contributed by atoms with Crippen LogP contribution >= 0.6 is 23.2 Å². The maximum absolute atomic E-state index is 6.35. The third-order valence-electron chi connectivity index (χ3n) is 5.73. The molecular formula is C22H22Cl2N8O2. The zero-order valence-electron chi connectivity index (χ0n) is 18.6. The van der Waals surface area contributed by atoms with Gasteiger partial charge in [0.25, 0.3) is 0 Å². The largest absolute Gasteiger partial charge is 0.496 e. The highest BCUT2D eigenvalue weighted by Crippen LogP contribution is 2.38. The molecule has 0 saturated carbocycles. The summed E-state index contributed by atoms with van der Waals surface area (Å²) in [5.41, 5.74) is 9.16. The fraction of sp³-hybridized carbons (Fsp3) is 0.273. The molecule has 4 heterocycles. The third kappa shape index (κ3) is 4.22. The van der Waals surface area contributed by atoms with Crippen LogP contribution in [0.15, 0.2) is 36.7 Å². The van der Waals surface area contributed by atoms with E-state index in [2.05, 4.69) is 32.0 Å². The normalized spacial score (nSPS) is 14.0. The summed E-state index contributed by atoms with van der Waals surface area (Å²) in [5.74, 6) is 1.81. The highest BCUT2D eigenvalue weighted by atomic mass is 35.5. The lowest BCUT2D eigenvalue weighted by atomic mass is 10.1. The molecule has 4 aromatic rings. The molecule has 0 aliphatic carbocycles. The van der Waals surface area contributed by atoms with E-state index in [1.807, 2.05) is 21.7 Å². The van der Waals surface area contributed by atoms with Crippen molar-refractivity contribution >= 4 is 46.4 Å². The summed E-state index contributed by atoms with van der Waals surface area (Å²) in [7, 11) is 3.18. The molecule has 34 heavy (non-hydrogen) atoms. The topological polar surface area (TPSA) is 107 Å². The van der Waals surface area contributed by atoms with Crippen molar-refractivity contribution < 1.29 is 9.47 Å². The molecule has 0 radical (unpaired) electrons. The number of fused-ring (bicyclic) bond motifs is 1. The van der Waals surface area contributed by atoms with Gasteiger partial charge >= 0.3 is 0 Å². The number of nitrogens with two attached hydrogens (primary N) is 1. The molecule has 5 rings (SSSR count). The van der Waals surface area contributed by atoms with Crippen LogP contribution in [0.2, 0.25) is 10.3 Å². The van der Waals surface area contributed by atoms with Gasteiger partial charge in [-0.2, -0.15) is 15.0 Å². The van der Waals surface area contributed by atoms with Gasteiger partial charge in [0, 0.05) is 62.0 Å². The SMILES string of the molecule is COc1cc(OC)c(-c2cn3ccc(N4CCN(c5nc(N)nc(Cl)n5)CC4)cc3n2)cc1Cl. The quantitative estimate of drug-likeness (QED) is 0.440. The number of nitrogens with zero attached hydrogens (tertiary/aromatic N) is 7. The number of ether oxygens (including phenoxy) is 2. The van der Waals surface area contributed by atoms with Crippen LogP contribution in [-0.2, 0) is 0 Å². The first-order valence-electron chi connectivity index (χ1n) is 10.5. The van der Waals surface area contributed by atoms with E-state index in [0.29, 0.717) is 22.5 Å². The Bertz CT molecular complexity index is 1330. The molecule has 0 amide bonds. The van der Waals surface area contributed by atoms with Gasteiger partial charge in [-0.25, -0.2) is 4.98 Å². The Morgan fingerprint density at radius 3 is 2.32 bits per heavy atom. The van der Waals surface area contributed by atoms with Gasteiger partial charge in [0.1, 0.15) is 17.1 Å². The molecule has 0 spiro atoms. The Kier molecular flexibility index (Phi) is 5.93. The minimum absolute atomic E-state index is 0.0975. The number of imidazole rings is 1. The second-order valence-corrected chi connectivity index (χ2v) is 8.45. The fourth-order valence-electron chi connectivity index (χ4n) is 4.02. The Balaban J connectivity index is 1.37. The number of piperazine rings is 1. The highest BCUT2D eigenvalue weighted by molar-refractivity contribution is 6.32. The van der Waals surface area contributed by atoms with Crippen molar-refractivity contribution in [3.63, 3.8) is 0 Å². The number of rotatable bonds is 5. The minimum Gasteiger partial charge on any atom is -0.496 e. The lowest BCUT2D eigenvalue weighted by molar-refractivity contribution is 0.395. The molecule has 1 saturated heterocycles. The van der Waals surface area contributed by atoms with Crippen molar-refractivity contribution in [3.05, 3.63) is 47.0 Å². The molecule has 1 aliphatic rings. The Morgan fingerprint density at radius 2 is 1.62 bits per heavy atom. The van der Waals surface area contributed by atoms with Crippen LogP contribution in [0, 0.1) is 0 Å². The molecule has 0 bridgehead atoms. The lowest BCUT2D eigenvalue weighted by Gasteiger charge is -2.36. The predicted octanol–water partition coefficient (Wildman–Crippen LogP) is 3.42. The van der Waals surface area contributed by atoms with E-state index < -0.39 is 0 Å². The third-order valence-corrected chi connectivity index (χ3v) is 6.20. The van der Waals surface area contributed by atoms with Crippen LogP contribution in [0.25, 0.3) is 16.9 Å². The zero-order chi connectivity index (χ0) is 23.8. The first-order chi connectivity index (χ1) is 16.4. The molecule has 10 nitrogen and oxygen atoms in total. The van der Waals surface area contributed by atoms with Gasteiger partial charge in [0.15, 0.2) is 0 Å². The molecule has 176 valence electrons. The number of pyridine rings is 1. The van der Waals surface area contributed by atoms with Crippen LogP contribution in [0.5, 0.6) is 11.5 Å². The van der Waals surface area contributed by atoms with Crippen LogP contribution in [-0.4, -0.2) is 64.7 Å². The van der Waals surface area contributed by atoms with Crippen molar-refractivity contribution in [3.8, 4) is 22.8 Å². The fourth-order valence-corrected chi connectivity index (χ4v) is 4.42. The Labute approximate surface area is 205 Å². The number of benzene rings is 1. The first kappa shape index (κ1) is 22.3. The second-order valence-electron chi connectivity index (χ2n) is 7.70. The number of methoxy groups -OCH3 is 2. The number of anilines is 3. The van der Waals surface area contributed by atoms with Gasteiger partial charge in [-0.15, -0.1) is 0 Å². The lowest BCUT2D eigenvalue weighted by Crippen LogP contribution is -2.47. The molecule has 1 aromatic carbocycles. The summed E-state index contributed by atoms with van der Waals surface area (Å²) in [5, 5.41) is 0.593. The van der Waals surface area contributed by atoms with E-state index in [-0.39, 0.29) is 11.2 Å². The summed E-state index contributed by atoms with van der Waals surface area (Å²) < 4.78 is 12.8. The molecule has 0 unspecified atom stereocenters. The predicted molar refractivity (Wildman–Crippen MR) is 132 cm³/mol. The minimum atomic E-state index is 0.0975. The van der Waals surface area contributed by atoms with E-state index in [1.165, 1.54) is 0 Å². The second kappa shape index (κ2) is 9.03. The monoisotopic (exact) mass is 500 g/mol. The first-order valence-corrected chi connectivity index (χ1v) is 11.3. The zero-order valence-corrected chi connectivity index (χ0v) is 20.1. The van der Waals surface area contributed by atoms with Gasteiger partial charge in [-0.05, 0) is 23.7 Å². The average molecular weight is 501 g/mol. The van der Waals surface area contributed by atoms with E-state index in [9.17, 15) is 0 Å². The summed E-state index contributed by atoms with van der Waals surface area (Å²) in [6.45, 7) is 3.03. The maximum Gasteiger partial charge on any atom is 0.231 e. The standard InChI is InChI=1S/C22H22Cl2N8O2/c1-33-17-11-18(34-2)15(23)10-14(17)16-12-32-4-3-13(9-19(32)26-16)30-5-7-31(8-6-30)22-28-20(24)27-21(25)29-22/h3-4,9-12H,5-8H2,1-2H3,(H2,25,27,28,29). The molecule has 1 aliphatic heterocycles. The molecule has 12 heteroatoms. The van der Waals surface area contributed by atoms with Crippen molar-refractivity contribution in [2.24, 2.45) is 0 Å². The van der Waals surface area contributed by atoms with Gasteiger partial charge in [0.05, 0.1) is 24.9 Å². The van der Waals surface area contributed by atoms with E-state index in [0.717, 1.165) is 48.8 Å². The number of hydrogen-bond acceptors (Lipinski definition) is 9. The van der Waals surface area contributed by atoms with E-state index in [1.54, 1.807) is 26.4 Å². The van der Waals surface area contributed by atoms with Crippen molar-refractivity contribution in [1.82, 2.24) is 24.3 Å². The van der Waals surface area contributed by atoms with Crippen LogP contribution in [0.3, 0.4) is 0 Å². The molecule has 3 aromatic heterocycles. The van der Waals surface area contributed by atoms with Crippen molar-refractivity contribution in [2.75, 3.05) is 55.9 Å². The van der Waals surface area contributed by atoms with Crippen LogP contribution in [0.4, 0.5) is 17.6 Å². The average Bonchev–Trinajstić information content (AvgIpc) is 3.26. The number of aromatic nitrogens is 5. The summed E-state index contributed by atoms with van der Waals surface area (Å²) in [4.78, 5) is 21.4.